The Morgan fingerprint density at radius 2 is 2.00 bits per heavy atom. The van der Waals surface area contributed by atoms with E-state index in [4.69, 9.17) is 9.15 Å². The van der Waals surface area contributed by atoms with Gasteiger partial charge in [0.1, 0.15) is 17.9 Å². The molecule has 1 N–H and O–H groups in total. The number of aryl methyl sites for hydroxylation is 2. The van der Waals surface area contributed by atoms with Gasteiger partial charge in [-0.3, -0.25) is 0 Å². The van der Waals surface area contributed by atoms with Gasteiger partial charge in [-0.2, -0.15) is 4.98 Å². The van der Waals surface area contributed by atoms with E-state index in [2.05, 4.69) is 28.5 Å². The fraction of sp³-hybridized carbons (Fsp3) is 0.278. The quantitative estimate of drug-likeness (QED) is 0.727. The minimum absolute atomic E-state index is 0.541. The van der Waals surface area contributed by atoms with Gasteiger partial charge in [-0.15, -0.1) is 0 Å². The maximum atomic E-state index is 5.80. The molecule has 3 aromatic rings. The molecule has 1 aromatic heterocycles. The van der Waals surface area contributed by atoms with Gasteiger partial charge in [0, 0.05) is 0 Å². The predicted molar refractivity (Wildman–Crippen MR) is 86.5 cm³/mol. The molecule has 2 aromatic carbocycles. The second kappa shape index (κ2) is 5.72. The molecule has 0 radical (unpaired) electrons. The molecule has 112 valence electrons. The molecule has 22 heavy (non-hydrogen) atoms. The molecule has 0 saturated carbocycles. The van der Waals surface area contributed by atoms with Crippen molar-refractivity contribution >= 4 is 17.1 Å². The molecule has 4 nitrogen and oxygen atoms in total. The summed E-state index contributed by atoms with van der Waals surface area (Å²) in [5, 5.41) is 3.15. The van der Waals surface area contributed by atoms with Crippen molar-refractivity contribution in [1.82, 2.24) is 4.98 Å². The van der Waals surface area contributed by atoms with Crippen LogP contribution in [-0.4, -0.2) is 18.1 Å². The van der Waals surface area contributed by atoms with Crippen LogP contribution in [0.5, 0.6) is 5.75 Å². The lowest BCUT2D eigenvalue weighted by Crippen LogP contribution is -2.11. The fourth-order valence-corrected chi connectivity index (χ4v) is 2.91. The van der Waals surface area contributed by atoms with E-state index in [0.29, 0.717) is 19.2 Å². The van der Waals surface area contributed by atoms with Crippen LogP contribution in [0.2, 0.25) is 0 Å². The monoisotopic (exact) mass is 294 g/mol. The fourth-order valence-electron chi connectivity index (χ4n) is 2.91. The van der Waals surface area contributed by atoms with Crippen LogP contribution in [0.25, 0.3) is 11.1 Å². The highest BCUT2D eigenvalue weighted by molar-refractivity contribution is 5.74. The first-order valence-corrected chi connectivity index (χ1v) is 7.72. The van der Waals surface area contributed by atoms with E-state index in [-0.39, 0.29) is 0 Å². The molecule has 0 amide bonds. The molecule has 4 rings (SSSR count). The molecule has 0 fully saturated rings. The Bertz CT molecular complexity index is 762. The Hall–Kier alpha value is -2.49. The molecular formula is C18H18N2O2. The van der Waals surface area contributed by atoms with Crippen molar-refractivity contribution in [3.63, 3.8) is 0 Å². The average molecular weight is 294 g/mol. The number of aromatic nitrogens is 1. The van der Waals surface area contributed by atoms with Crippen LogP contribution >= 0.6 is 0 Å². The van der Waals surface area contributed by atoms with Crippen molar-refractivity contribution in [2.24, 2.45) is 0 Å². The Balaban J connectivity index is 1.31. The second-order valence-electron chi connectivity index (χ2n) is 5.55. The zero-order valence-corrected chi connectivity index (χ0v) is 12.3. The number of benzene rings is 2. The summed E-state index contributed by atoms with van der Waals surface area (Å²) in [4.78, 5) is 4.37. The summed E-state index contributed by atoms with van der Waals surface area (Å²) in [5.41, 5.74) is 4.57. The molecule has 0 saturated heterocycles. The zero-order valence-electron chi connectivity index (χ0n) is 12.3. The summed E-state index contributed by atoms with van der Waals surface area (Å²) < 4.78 is 11.4. The molecule has 0 aliphatic heterocycles. The van der Waals surface area contributed by atoms with Crippen LogP contribution in [0.1, 0.15) is 17.5 Å². The van der Waals surface area contributed by atoms with E-state index in [0.717, 1.165) is 16.8 Å². The van der Waals surface area contributed by atoms with Crippen LogP contribution < -0.4 is 10.1 Å². The van der Waals surface area contributed by atoms with Crippen molar-refractivity contribution in [3.05, 3.63) is 53.6 Å². The Morgan fingerprint density at radius 3 is 2.95 bits per heavy atom. The van der Waals surface area contributed by atoms with E-state index >= 15 is 0 Å². The second-order valence-corrected chi connectivity index (χ2v) is 5.55. The Morgan fingerprint density at radius 1 is 1.09 bits per heavy atom. The van der Waals surface area contributed by atoms with Crippen molar-refractivity contribution in [2.75, 3.05) is 18.5 Å². The number of hydrogen-bond donors (Lipinski definition) is 1. The van der Waals surface area contributed by atoms with Crippen LogP contribution in [0, 0.1) is 0 Å². The third kappa shape index (κ3) is 2.64. The van der Waals surface area contributed by atoms with E-state index in [1.54, 1.807) is 0 Å². The first kappa shape index (κ1) is 13.2. The third-order valence-corrected chi connectivity index (χ3v) is 4.01. The van der Waals surface area contributed by atoms with Gasteiger partial charge in [-0.25, -0.2) is 0 Å². The number of oxazole rings is 1. The molecule has 0 spiro atoms. The molecule has 1 heterocycles. The molecule has 0 unspecified atom stereocenters. The maximum Gasteiger partial charge on any atom is 0.295 e. The molecular weight excluding hydrogens is 276 g/mol. The number of hydrogen-bond acceptors (Lipinski definition) is 4. The Kier molecular flexibility index (Phi) is 3.43. The van der Waals surface area contributed by atoms with Crippen LogP contribution in [0.15, 0.2) is 46.9 Å². The third-order valence-electron chi connectivity index (χ3n) is 4.01. The van der Waals surface area contributed by atoms with Gasteiger partial charge in [-0.1, -0.05) is 18.2 Å². The van der Waals surface area contributed by atoms with Crippen molar-refractivity contribution in [1.29, 1.82) is 0 Å². The van der Waals surface area contributed by atoms with E-state index in [9.17, 15) is 0 Å². The van der Waals surface area contributed by atoms with Crippen LogP contribution in [0.4, 0.5) is 6.01 Å². The smallest absolute Gasteiger partial charge is 0.295 e. The maximum absolute atomic E-state index is 5.80. The molecule has 1 aliphatic rings. The highest BCUT2D eigenvalue weighted by Gasteiger charge is 2.11. The van der Waals surface area contributed by atoms with Crippen molar-refractivity contribution in [2.45, 2.75) is 19.3 Å². The highest BCUT2D eigenvalue weighted by Crippen LogP contribution is 2.26. The summed E-state index contributed by atoms with van der Waals surface area (Å²) in [6, 6.07) is 14.7. The summed E-state index contributed by atoms with van der Waals surface area (Å²) >= 11 is 0. The van der Waals surface area contributed by atoms with Crippen molar-refractivity contribution in [3.8, 4) is 5.75 Å². The standard InChI is InChI=1S/C18H18N2O2/c1-2-7-17-16(6-1)20-18(22-17)19-10-11-21-15-9-8-13-4-3-5-14(13)12-15/h1-2,6-9,12H,3-5,10-11H2,(H,19,20). The lowest BCUT2D eigenvalue weighted by Gasteiger charge is -2.08. The van der Waals surface area contributed by atoms with Gasteiger partial charge in [0.2, 0.25) is 0 Å². The first-order valence-electron chi connectivity index (χ1n) is 7.72. The molecule has 1 aliphatic carbocycles. The minimum Gasteiger partial charge on any atom is -0.492 e. The molecule has 0 atom stereocenters. The highest BCUT2D eigenvalue weighted by atomic mass is 16.5. The molecule has 0 bridgehead atoms. The minimum atomic E-state index is 0.541. The molecule has 4 heteroatoms. The lowest BCUT2D eigenvalue weighted by molar-refractivity contribution is 0.331. The zero-order chi connectivity index (χ0) is 14.8. The number of nitrogens with one attached hydrogen (secondary N) is 1. The normalized spacial score (nSPS) is 13.3. The van der Waals surface area contributed by atoms with Gasteiger partial charge in [0.15, 0.2) is 5.58 Å². The van der Waals surface area contributed by atoms with Gasteiger partial charge >= 0.3 is 0 Å². The summed E-state index contributed by atoms with van der Waals surface area (Å²) in [6.07, 6.45) is 3.64. The van der Waals surface area contributed by atoms with Gasteiger partial charge in [0.05, 0.1) is 6.54 Å². The van der Waals surface area contributed by atoms with Crippen LogP contribution in [-0.2, 0) is 12.8 Å². The topological polar surface area (TPSA) is 47.3 Å². The number of nitrogens with zero attached hydrogens (tertiary/aromatic N) is 1. The Labute approximate surface area is 129 Å². The SMILES string of the molecule is c1ccc2oc(NCCOc3ccc4c(c3)CCC4)nc2c1. The van der Waals surface area contributed by atoms with E-state index in [1.165, 1.54) is 30.4 Å². The number of ether oxygens (including phenoxy) is 1. The van der Waals surface area contributed by atoms with Gasteiger partial charge < -0.3 is 14.5 Å². The average Bonchev–Trinajstić information content (AvgIpc) is 3.17. The van der Waals surface area contributed by atoms with Gasteiger partial charge in [-0.05, 0) is 54.7 Å². The number of anilines is 1. The number of rotatable bonds is 5. The summed E-state index contributed by atoms with van der Waals surface area (Å²) in [5.74, 6) is 0.944. The summed E-state index contributed by atoms with van der Waals surface area (Å²) in [7, 11) is 0. The predicted octanol–water partition coefficient (Wildman–Crippen LogP) is 3.81. The first-order chi connectivity index (χ1) is 10.9. The van der Waals surface area contributed by atoms with Crippen LogP contribution in [0.3, 0.4) is 0 Å². The lowest BCUT2D eigenvalue weighted by atomic mass is 10.1. The largest absolute Gasteiger partial charge is 0.492 e. The number of fused-ring (bicyclic) bond motifs is 2. The summed E-state index contributed by atoms with van der Waals surface area (Å²) in [6.45, 7) is 1.24. The number of para-hydroxylation sites is 2. The van der Waals surface area contributed by atoms with Gasteiger partial charge in [0.25, 0.3) is 6.01 Å². The van der Waals surface area contributed by atoms with Crippen molar-refractivity contribution < 1.29 is 9.15 Å². The van der Waals surface area contributed by atoms with E-state index in [1.807, 2.05) is 24.3 Å². The van der Waals surface area contributed by atoms with E-state index < -0.39 is 0 Å².